The van der Waals surface area contributed by atoms with E-state index in [1.54, 1.807) is 31.2 Å². The van der Waals surface area contributed by atoms with Crippen LogP contribution in [0.15, 0.2) is 46.2 Å². The van der Waals surface area contributed by atoms with Gasteiger partial charge in [-0.25, -0.2) is 8.42 Å². The van der Waals surface area contributed by atoms with Crippen molar-refractivity contribution in [3.63, 3.8) is 0 Å². The Bertz CT molecular complexity index is 1070. The fraction of sp³-hybridized carbons (Fsp3) is 0.300. The lowest BCUT2D eigenvalue weighted by Gasteiger charge is -2.11. The van der Waals surface area contributed by atoms with E-state index in [1.165, 1.54) is 23.9 Å². The van der Waals surface area contributed by atoms with E-state index in [-0.39, 0.29) is 28.9 Å². The van der Waals surface area contributed by atoms with E-state index in [4.69, 9.17) is 11.6 Å². The van der Waals surface area contributed by atoms with Crippen molar-refractivity contribution in [2.45, 2.75) is 30.1 Å². The van der Waals surface area contributed by atoms with Gasteiger partial charge in [-0.2, -0.15) is 0 Å². The average Bonchev–Trinajstić information content (AvgIpc) is 2.82. The molecular formula is C20H21ClN2O4S2. The predicted octanol–water partition coefficient (Wildman–Crippen LogP) is 4.13. The standard InChI is InChI=1S/C20H21ClN2O4S2/c1-12-11-28-18-7-6-14(10-17(18)23-20(12)25)29(26,27)9-8-19(24)22-16-5-3-4-15(21)13(16)2/h3-7,10,12H,8-9,11H2,1-2H3,(H,22,24)(H,23,25)/t12-/m0/s1. The number of hydrogen-bond donors (Lipinski definition) is 2. The van der Waals surface area contributed by atoms with Crippen LogP contribution in [0.3, 0.4) is 0 Å². The first-order chi connectivity index (χ1) is 13.7. The van der Waals surface area contributed by atoms with Crippen LogP contribution in [-0.4, -0.2) is 31.7 Å². The van der Waals surface area contributed by atoms with Gasteiger partial charge in [0, 0.05) is 33.7 Å². The quantitative estimate of drug-likeness (QED) is 0.711. The van der Waals surface area contributed by atoms with E-state index in [1.807, 2.05) is 6.92 Å². The predicted molar refractivity (Wildman–Crippen MR) is 116 cm³/mol. The number of halogens is 1. The summed E-state index contributed by atoms with van der Waals surface area (Å²) in [6.07, 6.45) is -0.191. The van der Waals surface area contributed by atoms with E-state index < -0.39 is 15.7 Å². The molecule has 2 amide bonds. The molecule has 1 heterocycles. The van der Waals surface area contributed by atoms with Gasteiger partial charge in [-0.15, -0.1) is 11.8 Å². The van der Waals surface area contributed by atoms with Gasteiger partial charge < -0.3 is 10.6 Å². The van der Waals surface area contributed by atoms with Gasteiger partial charge >= 0.3 is 0 Å². The van der Waals surface area contributed by atoms with E-state index >= 15 is 0 Å². The highest BCUT2D eigenvalue weighted by atomic mass is 35.5. The molecule has 0 bridgehead atoms. The summed E-state index contributed by atoms with van der Waals surface area (Å²) in [5.41, 5.74) is 1.77. The normalized spacial score (nSPS) is 16.5. The molecule has 0 saturated heterocycles. The molecule has 3 rings (SSSR count). The highest BCUT2D eigenvalue weighted by molar-refractivity contribution is 7.99. The van der Waals surface area contributed by atoms with Crippen molar-refractivity contribution in [1.82, 2.24) is 0 Å². The van der Waals surface area contributed by atoms with Crippen LogP contribution in [0.25, 0.3) is 0 Å². The van der Waals surface area contributed by atoms with Crippen molar-refractivity contribution in [1.29, 1.82) is 0 Å². The molecule has 0 fully saturated rings. The molecule has 9 heteroatoms. The number of sulfone groups is 1. The van der Waals surface area contributed by atoms with Crippen LogP contribution in [0.4, 0.5) is 11.4 Å². The molecule has 6 nitrogen and oxygen atoms in total. The molecule has 0 radical (unpaired) electrons. The molecule has 0 spiro atoms. The molecule has 1 aliphatic heterocycles. The summed E-state index contributed by atoms with van der Waals surface area (Å²) in [5, 5.41) is 6.00. The largest absolute Gasteiger partial charge is 0.326 e. The highest BCUT2D eigenvalue weighted by Gasteiger charge is 2.23. The molecule has 0 unspecified atom stereocenters. The lowest BCUT2D eigenvalue weighted by atomic mass is 10.2. The van der Waals surface area contributed by atoms with Crippen molar-refractivity contribution in [2.24, 2.45) is 5.92 Å². The number of benzene rings is 2. The number of thioether (sulfide) groups is 1. The van der Waals surface area contributed by atoms with Gasteiger partial charge in [0.05, 0.1) is 16.3 Å². The van der Waals surface area contributed by atoms with Gasteiger partial charge in [0.1, 0.15) is 0 Å². The van der Waals surface area contributed by atoms with Crippen molar-refractivity contribution in [2.75, 3.05) is 22.1 Å². The number of fused-ring (bicyclic) bond motifs is 1. The maximum Gasteiger partial charge on any atom is 0.228 e. The Morgan fingerprint density at radius 1 is 1.31 bits per heavy atom. The van der Waals surface area contributed by atoms with E-state index in [9.17, 15) is 18.0 Å². The molecule has 1 atom stereocenters. The number of carbonyl (C=O) groups is 2. The van der Waals surface area contributed by atoms with Crippen molar-refractivity contribution in [3.05, 3.63) is 47.0 Å². The molecule has 29 heavy (non-hydrogen) atoms. The van der Waals surface area contributed by atoms with Crippen LogP contribution in [0.2, 0.25) is 5.02 Å². The number of nitrogens with one attached hydrogen (secondary N) is 2. The number of hydrogen-bond acceptors (Lipinski definition) is 5. The summed E-state index contributed by atoms with van der Waals surface area (Å²) >= 11 is 7.55. The summed E-state index contributed by atoms with van der Waals surface area (Å²) in [7, 11) is -3.69. The topological polar surface area (TPSA) is 92.3 Å². The minimum atomic E-state index is -3.69. The minimum Gasteiger partial charge on any atom is -0.326 e. The minimum absolute atomic E-state index is 0.0819. The lowest BCUT2D eigenvalue weighted by molar-refractivity contribution is -0.118. The maximum absolute atomic E-state index is 12.7. The first kappa shape index (κ1) is 21.7. The molecule has 2 aromatic carbocycles. The van der Waals surface area contributed by atoms with Gasteiger partial charge in [-0.3, -0.25) is 9.59 Å². The molecular weight excluding hydrogens is 432 g/mol. The summed E-state index contributed by atoms with van der Waals surface area (Å²) in [6.45, 7) is 3.60. The molecule has 0 saturated carbocycles. The van der Waals surface area contributed by atoms with Crippen LogP contribution in [0.1, 0.15) is 18.9 Å². The molecule has 154 valence electrons. The van der Waals surface area contributed by atoms with Crippen LogP contribution in [-0.2, 0) is 19.4 Å². The Kier molecular flexibility index (Phi) is 6.55. The Morgan fingerprint density at radius 3 is 2.83 bits per heavy atom. The van der Waals surface area contributed by atoms with Gasteiger partial charge in [-0.05, 0) is 42.8 Å². The van der Waals surface area contributed by atoms with Crippen LogP contribution >= 0.6 is 23.4 Å². The smallest absolute Gasteiger partial charge is 0.228 e. The van der Waals surface area contributed by atoms with E-state index in [0.717, 1.165) is 10.5 Å². The third kappa shape index (κ3) is 5.12. The second-order valence-corrected chi connectivity index (χ2v) is 10.5. The van der Waals surface area contributed by atoms with Gasteiger partial charge in [0.25, 0.3) is 0 Å². The third-order valence-corrected chi connectivity index (χ3v) is 8.10. The Morgan fingerprint density at radius 2 is 2.07 bits per heavy atom. The Hall–Kier alpha value is -2.03. The van der Waals surface area contributed by atoms with Crippen molar-refractivity contribution < 1.29 is 18.0 Å². The van der Waals surface area contributed by atoms with Crippen molar-refractivity contribution in [3.8, 4) is 0 Å². The zero-order chi connectivity index (χ0) is 21.2. The van der Waals surface area contributed by atoms with Crippen LogP contribution < -0.4 is 10.6 Å². The molecule has 0 aromatic heterocycles. The fourth-order valence-corrected chi connectivity index (χ4v) is 5.22. The Balaban J connectivity index is 1.70. The summed E-state index contributed by atoms with van der Waals surface area (Å²) in [5.74, 6) is -0.414. The molecule has 1 aliphatic rings. The Labute approximate surface area is 179 Å². The fourth-order valence-electron chi connectivity index (χ4n) is 2.77. The second kappa shape index (κ2) is 8.77. The molecule has 0 aliphatic carbocycles. The van der Waals surface area contributed by atoms with Gasteiger partial charge in [0.2, 0.25) is 11.8 Å². The monoisotopic (exact) mass is 452 g/mol. The van der Waals surface area contributed by atoms with Gasteiger partial charge in [0.15, 0.2) is 9.84 Å². The lowest BCUT2D eigenvalue weighted by Crippen LogP contribution is -2.20. The van der Waals surface area contributed by atoms with Gasteiger partial charge in [-0.1, -0.05) is 24.6 Å². The number of anilines is 2. The summed E-state index contributed by atoms with van der Waals surface area (Å²) in [6, 6.07) is 9.81. The van der Waals surface area contributed by atoms with Crippen LogP contribution in [0.5, 0.6) is 0 Å². The maximum atomic E-state index is 12.7. The number of rotatable bonds is 5. The van der Waals surface area contributed by atoms with Crippen molar-refractivity contribution >= 4 is 56.4 Å². The zero-order valence-corrected chi connectivity index (χ0v) is 18.4. The first-order valence-electron chi connectivity index (χ1n) is 9.03. The van der Waals surface area contributed by atoms with Crippen LogP contribution in [0, 0.1) is 12.8 Å². The molecule has 2 aromatic rings. The van der Waals surface area contributed by atoms with E-state index in [0.29, 0.717) is 22.2 Å². The SMILES string of the molecule is Cc1c(Cl)cccc1NC(=O)CCS(=O)(=O)c1ccc2c(c1)NC(=O)[C@@H](C)CS2. The summed E-state index contributed by atoms with van der Waals surface area (Å²) < 4.78 is 25.4. The number of amides is 2. The average molecular weight is 453 g/mol. The van der Waals surface area contributed by atoms with E-state index in [2.05, 4.69) is 10.6 Å². The summed E-state index contributed by atoms with van der Waals surface area (Å²) in [4.78, 5) is 25.2. The second-order valence-electron chi connectivity index (χ2n) is 6.89. The third-order valence-electron chi connectivity index (χ3n) is 4.64. The first-order valence-corrected chi connectivity index (χ1v) is 12.0. The number of carbonyl (C=O) groups excluding carboxylic acids is 2. The molecule has 2 N–H and O–H groups in total. The zero-order valence-electron chi connectivity index (χ0n) is 16.0. The highest BCUT2D eigenvalue weighted by Crippen LogP contribution is 2.34.